The van der Waals surface area contributed by atoms with E-state index in [9.17, 15) is 17.3 Å². The molecule has 4 nitrogen and oxygen atoms in total. The van der Waals surface area contributed by atoms with Crippen LogP contribution in [0.4, 0.5) is 17.3 Å². The van der Waals surface area contributed by atoms with Crippen molar-refractivity contribution in [1.29, 1.82) is 0 Å². The monoisotopic (exact) mass is 333 g/mol. The Kier molecular flexibility index (Phi) is 17.9. The first kappa shape index (κ1) is 23.4. The summed E-state index contributed by atoms with van der Waals surface area (Å²) in [7, 11) is -6.00. The predicted molar refractivity (Wildman–Crippen MR) is 63.6 cm³/mol. The summed E-state index contributed by atoms with van der Waals surface area (Å²) >= 11 is -0.438. The largest absolute Gasteiger partial charge is 0.577 e. The molecular formula is C10H9BF4MnNO3-3. The van der Waals surface area contributed by atoms with Gasteiger partial charge < -0.3 is 27.8 Å². The van der Waals surface area contributed by atoms with E-state index < -0.39 is 21.3 Å². The Morgan fingerprint density at radius 2 is 1.75 bits per heavy atom. The number of rotatable bonds is 1. The Labute approximate surface area is 118 Å². The molecule has 0 aromatic carbocycles. The van der Waals surface area contributed by atoms with Crippen molar-refractivity contribution < 1.29 is 40.9 Å². The number of nitrogens with zero attached hydrogens (tertiary/aromatic N) is 1. The van der Waals surface area contributed by atoms with Crippen LogP contribution in [0.3, 0.4) is 0 Å². The van der Waals surface area contributed by atoms with E-state index >= 15 is 0 Å². The maximum absolute atomic E-state index is 9.75. The van der Waals surface area contributed by atoms with Gasteiger partial charge in [0.2, 0.25) is 0 Å². The number of nitroso groups, excluding NO2 is 1. The molecule has 0 saturated heterocycles. The number of halogens is 4. The minimum atomic E-state index is -6.00. The van der Waals surface area contributed by atoms with Crippen LogP contribution >= 0.6 is 0 Å². The van der Waals surface area contributed by atoms with Crippen molar-refractivity contribution in [2.24, 2.45) is 0 Å². The van der Waals surface area contributed by atoms with Crippen LogP contribution in [0, 0.1) is 11.0 Å². The quantitative estimate of drug-likeness (QED) is 0.420. The topological polar surface area (TPSA) is 73.5 Å². The van der Waals surface area contributed by atoms with Crippen LogP contribution in [0.1, 0.15) is 13.3 Å². The molecule has 10 heteroatoms. The summed E-state index contributed by atoms with van der Waals surface area (Å²) in [6, 6.07) is 0. The zero-order valence-electron chi connectivity index (χ0n) is 10.2. The maximum atomic E-state index is 9.75. The molecule has 0 saturated carbocycles. The van der Waals surface area contributed by atoms with Crippen molar-refractivity contribution in [3.05, 3.63) is 46.5 Å². The fourth-order valence-corrected chi connectivity index (χ4v) is 0.861. The molecule has 20 heavy (non-hydrogen) atoms. The normalized spacial score (nSPS) is 11.2. The van der Waals surface area contributed by atoms with E-state index in [4.69, 9.17) is 20.1 Å². The van der Waals surface area contributed by atoms with E-state index in [1.807, 2.05) is 12.2 Å². The van der Waals surface area contributed by atoms with Crippen molar-refractivity contribution in [3.8, 4) is 0 Å². The smallest absolute Gasteiger partial charge is 0.423 e. The van der Waals surface area contributed by atoms with Crippen LogP contribution in [0.2, 0.25) is 0 Å². The molecule has 0 N–H and O–H groups in total. The summed E-state index contributed by atoms with van der Waals surface area (Å²) in [5.41, 5.74) is 8.30. The van der Waals surface area contributed by atoms with Crippen molar-refractivity contribution in [2.75, 3.05) is 0 Å². The summed E-state index contributed by atoms with van der Waals surface area (Å²) in [5.74, 6) is 0. The van der Waals surface area contributed by atoms with Crippen LogP contribution in [0.5, 0.6) is 0 Å². The summed E-state index contributed by atoms with van der Waals surface area (Å²) in [5, 5.41) is 0. The Hall–Kier alpha value is -1.72. The van der Waals surface area contributed by atoms with E-state index in [1.165, 1.54) is 20.7 Å². The van der Waals surface area contributed by atoms with Crippen LogP contribution in [0.25, 0.3) is 5.59 Å². The Bertz CT molecular complexity index is 442. The molecule has 0 heterocycles. The SMILES string of the molecule is C=CC1=C(C)[C-]=CC1.F[B-](F)(F)F.O=[C]=[Mn]=[C]=O.[N-]=O. The molecule has 113 valence electrons. The van der Waals surface area contributed by atoms with Gasteiger partial charge in [-0.15, -0.1) is 12.7 Å². The minimum absolute atomic E-state index is 0.438. The van der Waals surface area contributed by atoms with Gasteiger partial charge in [0, 0.05) is 0 Å². The molecule has 1 rings (SSSR count). The second kappa shape index (κ2) is 15.3. The molecule has 0 spiro atoms. The molecule has 0 aliphatic heterocycles. The van der Waals surface area contributed by atoms with Crippen LogP contribution in [-0.2, 0) is 23.7 Å². The molecule has 0 fully saturated rings. The third-order valence-electron chi connectivity index (χ3n) is 1.45. The van der Waals surface area contributed by atoms with Crippen LogP contribution in [-0.4, -0.2) is 16.8 Å². The van der Waals surface area contributed by atoms with Crippen molar-refractivity contribution in [2.45, 2.75) is 13.3 Å². The zero-order valence-corrected chi connectivity index (χ0v) is 11.4. The standard InChI is InChI=1S/C8H9.2CO.BF4.Mn.NO/c1-3-8-6-4-5-7(8)2;2*1-2;2-1(3,4)5;;1-2/h3-4H,1,6H2,2H3;;;;;/q-1;;;-1;;-1. The summed E-state index contributed by atoms with van der Waals surface area (Å²) in [6.45, 7) is 5.73. The van der Waals surface area contributed by atoms with E-state index in [0.717, 1.165) is 6.42 Å². The first-order chi connectivity index (χ1) is 9.26. The fourth-order valence-electron chi connectivity index (χ4n) is 0.812. The summed E-state index contributed by atoms with van der Waals surface area (Å²) < 4.78 is 39.0. The van der Waals surface area contributed by atoms with Crippen molar-refractivity contribution >= 4 is 16.8 Å². The maximum Gasteiger partial charge on any atom is -0.423 e. The van der Waals surface area contributed by atoms with Gasteiger partial charge in [0.25, 0.3) is 0 Å². The fraction of sp³-hybridized carbons (Fsp3) is 0.200. The molecule has 0 atom stereocenters. The van der Waals surface area contributed by atoms with Gasteiger partial charge in [-0.25, -0.2) is 5.57 Å². The van der Waals surface area contributed by atoms with Gasteiger partial charge in [-0.3, -0.25) is 6.08 Å². The van der Waals surface area contributed by atoms with Crippen LogP contribution < -0.4 is 0 Å². The molecule has 0 bridgehead atoms. The second-order valence-electron chi connectivity index (χ2n) is 2.65. The molecule has 0 aromatic rings. The number of carbonyl (C=O) groups excluding carboxylic acids is 2. The van der Waals surface area contributed by atoms with Gasteiger partial charge in [-0.05, 0) is 0 Å². The first-order valence-electron chi connectivity index (χ1n) is 4.59. The average molecular weight is 333 g/mol. The first-order valence-corrected chi connectivity index (χ1v) is 5.77. The zero-order chi connectivity index (χ0) is 16.6. The Balaban J connectivity index is -0.000000213. The molecule has 0 unspecified atom stereocenters. The van der Waals surface area contributed by atoms with Crippen LogP contribution in [0.15, 0.2) is 29.9 Å². The third-order valence-corrected chi connectivity index (χ3v) is 1.69. The van der Waals surface area contributed by atoms with Gasteiger partial charge in [0.1, 0.15) is 0 Å². The molecule has 0 radical (unpaired) electrons. The van der Waals surface area contributed by atoms with Gasteiger partial charge in [-0.2, -0.15) is 11.6 Å². The van der Waals surface area contributed by atoms with E-state index in [-0.39, 0.29) is 0 Å². The van der Waals surface area contributed by atoms with Gasteiger partial charge >= 0.3 is 40.5 Å². The van der Waals surface area contributed by atoms with E-state index in [1.54, 1.807) is 0 Å². The van der Waals surface area contributed by atoms with Gasteiger partial charge in [0.05, 0.1) is 0 Å². The minimum Gasteiger partial charge on any atom is -0.577 e. The van der Waals surface area contributed by atoms with E-state index in [0.29, 0.717) is 0 Å². The molecule has 1 aliphatic rings. The number of hydrogen-bond acceptors (Lipinski definition) is 3. The summed E-state index contributed by atoms with van der Waals surface area (Å²) in [6.07, 6.45) is 8.06. The van der Waals surface area contributed by atoms with Gasteiger partial charge in [-0.1, -0.05) is 13.3 Å². The van der Waals surface area contributed by atoms with Crippen molar-refractivity contribution in [3.63, 3.8) is 0 Å². The van der Waals surface area contributed by atoms with Gasteiger partial charge in [0.15, 0.2) is 0 Å². The number of allylic oxidation sites excluding steroid dienone is 5. The average Bonchev–Trinajstić information content (AvgIpc) is 2.77. The molecule has 0 aromatic heterocycles. The third kappa shape index (κ3) is 25.2. The molecular weight excluding hydrogens is 324 g/mol. The number of hydrogen-bond donors (Lipinski definition) is 0. The van der Waals surface area contributed by atoms with E-state index in [2.05, 4.69) is 19.6 Å². The molecule has 1 aliphatic carbocycles. The Morgan fingerprint density at radius 1 is 1.35 bits per heavy atom. The summed E-state index contributed by atoms with van der Waals surface area (Å²) in [4.78, 5) is 28.1. The second-order valence-corrected chi connectivity index (χ2v) is 3.43. The predicted octanol–water partition coefficient (Wildman–Crippen LogP) is 3.08. The molecule has 0 amide bonds. The van der Waals surface area contributed by atoms with Crippen molar-refractivity contribution in [1.82, 2.24) is 0 Å². The Morgan fingerprint density at radius 3 is 1.85 bits per heavy atom.